The second kappa shape index (κ2) is 7.02. The number of ether oxygens (including phenoxy) is 1. The van der Waals surface area contributed by atoms with Crippen LogP contribution in [0.2, 0.25) is 0 Å². The van der Waals surface area contributed by atoms with E-state index in [0.717, 1.165) is 12.8 Å². The van der Waals surface area contributed by atoms with E-state index < -0.39 is 0 Å². The van der Waals surface area contributed by atoms with E-state index >= 15 is 0 Å². The van der Waals surface area contributed by atoms with Crippen LogP contribution < -0.4 is 10.3 Å². The van der Waals surface area contributed by atoms with Crippen LogP contribution in [0.15, 0.2) is 29.3 Å². The van der Waals surface area contributed by atoms with Crippen molar-refractivity contribution in [3.8, 4) is 5.75 Å². The Morgan fingerprint density at radius 2 is 1.85 bits per heavy atom. The van der Waals surface area contributed by atoms with Gasteiger partial charge in [0, 0.05) is 38.2 Å². The summed E-state index contributed by atoms with van der Waals surface area (Å²) in [6.45, 7) is 2.08. The SMILES string of the molecule is COc1ccc2c(=O)n(CC(=O)N3CCN(C(=O)C4CC4)CC3)cnc2c1. The summed E-state index contributed by atoms with van der Waals surface area (Å²) in [6, 6.07) is 5.05. The molecule has 1 saturated heterocycles. The highest BCUT2D eigenvalue weighted by molar-refractivity contribution is 5.82. The summed E-state index contributed by atoms with van der Waals surface area (Å²) in [5, 5.41) is 0.450. The van der Waals surface area contributed by atoms with Crippen LogP contribution in [0.25, 0.3) is 10.9 Å². The van der Waals surface area contributed by atoms with Crippen LogP contribution in [0, 0.1) is 5.92 Å². The smallest absolute Gasteiger partial charge is 0.261 e. The molecule has 1 aromatic heterocycles. The second-order valence-corrected chi connectivity index (χ2v) is 7.04. The molecule has 142 valence electrons. The van der Waals surface area contributed by atoms with Crippen molar-refractivity contribution >= 4 is 22.7 Å². The summed E-state index contributed by atoms with van der Waals surface area (Å²) in [6.07, 6.45) is 3.37. The van der Waals surface area contributed by atoms with E-state index in [1.165, 1.54) is 10.9 Å². The number of aromatic nitrogens is 2. The fraction of sp³-hybridized carbons (Fsp3) is 0.474. The van der Waals surface area contributed by atoms with Gasteiger partial charge in [0.25, 0.3) is 5.56 Å². The molecule has 2 heterocycles. The molecule has 2 amide bonds. The van der Waals surface area contributed by atoms with E-state index in [0.29, 0.717) is 42.8 Å². The Morgan fingerprint density at radius 1 is 1.15 bits per heavy atom. The lowest BCUT2D eigenvalue weighted by Crippen LogP contribution is -2.52. The Morgan fingerprint density at radius 3 is 2.52 bits per heavy atom. The van der Waals surface area contributed by atoms with Crippen LogP contribution in [0.3, 0.4) is 0 Å². The molecule has 2 aromatic rings. The maximum Gasteiger partial charge on any atom is 0.261 e. The number of amides is 2. The maximum atomic E-state index is 12.6. The van der Waals surface area contributed by atoms with Crippen molar-refractivity contribution < 1.29 is 14.3 Å². The Labute approximate surface area is 156 Å². The number of nitrogens with zero attached hydrogens (tertiary/aromatic N) is 4. The minimum Gasteiger partial charge on any atom is -0.497 e. The van der Waals surface area contributed by atoms with Gasteiger partial charge in [0.15, 0.2) is 0 Å². The summed E-state index contributed by atoms with van der Waals surface area (Å²) < 4.78 is 6.47. The number of benzene rings is 1. The first-order valence-corrected chi connectivity index (χ1v) is 9.16. The topological polar surface area (TPSA) is 84.7 Å². The molecule has 0 N–H and O–H groups in total. The first-order valence-electron chi connectivity index (χ1n) is 9.16. The van der Waals surface area contributed by atoms with E-state index in [1.807, 2.05) is 4.90 Å². The Bertz CT molecular complexity index is 942. The molecule has 1 aromatic carbocycles. The summed E-state index contributed by atoms with van der Waals surface area (Å²) in [5.41, 5.74) is 0.286. The largest absolute Gasteiger partial charge is 0.497 e. The van der Waals surface area contributed by atoms with Gasteiger partial charge in [0.05, 0.1) is 24.3 Å². The molecule has 0 bridgehead atoms. The van der Waals surface area contributed by atoms with Crippen LogP contribution in [-0.2, 0) is 16.1 Å². The van der Waals surface area contributed by atoms with Gasteiger partial charge in [-0.15, -0.1) is 0 Å². The minimum absolute atomic E-state index is 0.0512. The van der Waals surface area contributed by atoms with E-state index in [1.54, 1.807) is 30.2 Å². The molecule has 8 nitrogen and oxygen atoms in total. The van der Waals surface area contributed by atoms with Crippen LogP contribution in [-0.4, -0.2) is 64.5 Å². The molecule has 1 aliphatic heterocycles. The molecule has 0 unspecified atom stereocenters. The molecule has 27 heavy (non-hydrogen) atoms. The maximum absolute atomic E-state index is 12.6. The lowest BCUT2D eigenvalue weighted by atomic mass is 10.2. The average Bonchev–Trinajstić information content (AvgIpc) is 3.54. The summed E-state index contributed by atoms with van der Waals surface area (Å²) >= 11 is 0. The number of carbonyl (C=O) groups is 2. The summed E-state index contributed by atoms with van der Waals surface area (Å²) in [5.74, 6) is 0.910. The number of carbonyl (C=O) groups excluding carboxylic acids is 2. The van der Waals surface area contributed by atoms with Gasteiger partial charge in [-0.2, -0.15) is 0 Å². The Balaban J connectivity index is 1.43. The van der Waals surface area contributed by atoms with E-state index in [4.69, 9.17) is 4.74 Å². The van der Waals surface area contributed by atoms with Crippen molar-refractivity contribution in [2.75, 3.05) is 33.3 Å². The summed E-state index contributed by atoms with van der Waals surface area (Å²) in [4.78, 5) is 45.1. The normalized spacial score (nSPS) is 17.2. The van der Waals surface area contributed by atoms with Gasteiger partial charge < -0.3 is 14.5 Å². The first kappa shape index (κ1) is 17.5. The molecule has 8 heteroatoms. The third-order valence-corrected chi connectivity index (χ3v) is 5.21. The van der Waals surface area contributed by atoms with Crippen LogP contribution in [0.4, 0.5) is 0 Å². The van der Waals surface area contributed by atoms with Crippen molar-refractivity contribution in [2.24, 2.45) is 5.92 Å². The van der Waals surface area contributed by atoms with Crippen molar-refractivity contribution in [3.05, 3.63) is 34.9 Å². The number of fused-ring (bicyclic) bond motifs is 1. The quantitative estimate of drug-likeness (QED) is 0.782. The van der Waals surface area contributed by atoms with Gasteiger partial charge in [-0.05, 0) is 25.0 Å². The van der Waals surface area contributed by atoms with Crippen LogP contribution >= 0.6 is 0 Å². The van der Waals surface area contributed by atoms with Crippen LogP contribution in [0.5, 0.6) is 5.75 Å². The van der Waals surface area contributed by atoms with Gasteiger partial charge >= 0.3 is 0 Å². The highest BCUT2D eigenvalue weighted by Gasteiger charge is 2.35. The zero-order valence-electron chi connectivity index (χ0n) is 15.3. The van der Waals surface area contributed by atoms with Gasteiger partial charge in [0.1, 0.15) is 12.3 Å². The van der Waals surface area contributed by atoms with E-state index in [9.17, 15) is 14.4 Å². The number of hydrogen-bond donors (Lipinski definition) is 0. The average molecular weight is 370 g/mol. The Hall–Kier alpha value is -2.90. The van der Waals surface area contributed by atoms with Gasteiger partial charge in [-0.1, -0.05) is 0 Å². The second-order valence-electron chi connectivity index (χ2n) is 7.04. The van der Waals surface area contributed by atoms with E-state index in [-0.39, 0.29) is 29.8 Å². The number of hydrogen-bond acceptors (Lipinski definition) is 5. The monoisotopic (exact) mass is 370 g/mol. The van der Waals surface area contributed by atoms with Crippen molar-refractivity contribution in [3.63, 3.8) is 0 Å². The van der Waals surface area contributed by atoms with Gasteiger partial charge in [-0.25, -0.2) is 4.98 Å². The van der Waals surface area contributed by atoms with Gasteiger partial charge in [-0.3, -0.25) is 19.0 Å². The molecular formula is C19H22N4O4. The summed E-state index contributed by atoms with van der Waals surface area (Å²) in [7, 11) is 1.55. The minimum atomic E-state index is -0.251. The zero-order valence-corrected chi connectivity index (χ0v) is 15.3. The molecule has 0 spiro atoms. The number of methoxy groups -OCH3 is 1. The third kappa shape index (κ3) is 3.51. The highest BCUT2D eigenvalue weighted by atomic mass is 16.5. The molecule has 2 fully saturated rings. The molecule has 0 atom stereocenters. The molecule has 1 saturated carbocycles. The van der Waals surface area contributed by atoms with E-state index in [2.05, 4.69) is 4.98 Å². The molecule has 1 aliphatic carbocycles. The Kier molecular flexibility index (Phi) is 4.55. The fourth-order valence-corrected chi connectivity index (χ4v) is 3.39. The predicted molar refractivity (Wildman–Crippen MR) is 98.4 cm³/mol. The van der Waals surface area contributed by atoms with Crippen molar-refractivity contribution in [1.82, 2.24) is 19.4 Å². The molecular weight excluding hydrogens is 348 g/mol. The van der Waals surface area contributed by atoms with Crippen LogP contribution in [0.1, 0.15) is 12.8 Å². The lowest BCUT2D eigenvalue weighted by molar-refractivity contribution is -0.140. The highest BCUT2D eigenvalue weighted by Crippen LogP contribution is 2.31. The number of rotatable bonds is 4. The zero-order chi connectivity index (χ0) is 19.0. The van der Waals surface area contributed by atoms with Crippen molar-refractivity contribution in [1.29, 1.82) is 0 Å². The van der Waals surface area contributed by atoms with Gasteiger partial charge in [0.2, 0.25) is 11.8 Å². The molecule has 2 aliphatic rings. The third-order valence-electron chi connectivity index (χ3n) is 5.21. The van der Waals surface area contributed by atoms with Crippen molar-refractivity contribution in [2.45, 2.75) is 19.4 Å². The number of piperazine rings is 1. The molecule has 4 rings (SSSR count). The fourth-order valence-electron chi connectivity index (χ4n) is 3.39. The molecule has 0 radical (unpaired) electrons. The standard InChI is InChI=1S/C19H22N4O4/c1-27-14-4-5-15-16(10-14)20-12-23(19(15)26)11-17(24)21-6-8-22(9-7-21)18(25)13-2-3-13/h4-5,10,12-13H,2-3,6-9,11H2,1H3. The predicted octanol–water partition coefficient (Wildman–Crippen LogP) is 0.486. The first-order chi connectivity index (χ1) is 13.1. The lowest BCUT2D eigenvalue weighted by Gasteiger charge is -2.35.